The van der Waals surface area contributed by atoms with Crippen LogP contribution in [-0.4, -0.2) is 69.7 Å². The van der Waals surface area contributed by atoms with E-state index in [9.17, 15) is 18.0 Å². The fourth-order valence-corrected chi connectivity index (χ4v) is 4.47. The molecule has 1 aliphatic heterocycles. The molecule has 0 spiro atoms. The number of carbonyl (C=O) groups is 2. The first-order valence-electron chi connectivity index (χ1n) is 9.18. The van der Waals surface area contributed by atoms with Crippen LogP contribution in [0.15, 0.2) is 29.2 Å². The molecular formula is C18H27N3O6S. The molecule has 156 valence electrons. The predicted molar refractivity (Wildman–Crippen MR) is 103 cm³/mol. The summed E-state index contributed by atoms with van der Waals surface area (Å²) in [6, 6.07) is 5.78. The standard InChI is InChI=1S/C18H27N3O6S/c1-4-26-18(23)20-10-9-19-17(22)15-5-7-16(8-6-15)28(24,25)21-11-13(2)27-14(3)12-21/h5-8,13-14H,4,9-12H2,1-3H3,(H,19,22)(H,20,23). The van der Waals surface area contributed by atoms with Crippen molar-refractivity contribution in [3.05, 3.63) is 29.8 Å². The fraction of sp³-hybridized carbons (Fsp3) is 0.556. The molecule has 0 radical (unpaired) electrons. The van der Waals surface area contributed by atoms with Crippen LogP contribution in [0.2, 0.25) is 0 Å². The molecule has 2 unspecified atom stereocenters. The number of nitrogens with one attached hydrogen (secondary N) is 2. The highest BCUT2D eigenvalue weighted by Crippen LogP contribution is 2.21. The van der Waals surface area contributed by atoms with Crippen LogP contribution < -0.4 is 10.6 Å². The van der Waals surface area contributed by atoms with Crippen LogP contribution in [0, 0.1) is 0 Å². The minimum Gasteiger partial charge on any atom is -0.450 e. The minimum absolute atomic E-state index is 0.134. The normalized spacial score (nSPS) is 20.4. The Morgan fingerprint density at radius 1 is 1.11 bits per heavy atom. The lowest BCUT2D eigenvalue weighted by Crippen LogP contribution is -2.48. The number of alkyl carbamates (subject to hydrolysis) is 1. The van der Waals surface area contributed by atoms with Gasteiger partial charge in [-0.3, -0.25) is 4.79 Å². The summed E-state index contributed by atoms with van der Waals surface area (Å²) in [5.74, 6) is -0.358. The van der Waals surface area contributed by atoms with E-state index in [4.69, 9.17) is 9.47 Å². The van der Waals surface area contributed by atoms with Gasteiger partial charge in [0.1, 0.15) is 0 Å². The summed E-state index contributed by atoms with van der Waals surface area (Å²) in [5, 5.41) is 5.14. The van der Waals surface area contributed by atoms with Gasteiger partial charge >= 0.3 is 6.09 Å². The second-order valence-corrected chi connectivity index (χ2v) is 8.44. The first-order chi connectivity index (χ1) is 13.2. The highest BCUT2D eigenvalue weighted by atomic mass is 32.2. The van der Waals surface area contributed by atoms with E-state index >= 15 is 0 Å². The Morgan fingerprint density at radius 3 is 2.25 bits per heavy atom. The van der Waals surface area contributed by atoms with E-state index in [1.807, 2.05) is 13.8 Å². The maximum Gasteiger partial charge on any atom is 0.407 e. The summed E-state index contributed by atoms with van der Waals surface area (Å²) in [6.07, 6.45) is -0.892. The number of sulfonamides is 1. The van der Waals surface area contributed by atoms with Gasteiger partial charge in [-0.1, -0.05) is 0 Å². The maximum absolute atomic E-state index is 12.8. The van der Waals surface area contributed by atoms with E-state index in [0.29, 0.717) is 18.7 Å². The highest BCUT2D eigenvalue weighted by Gasteiger charge is 2.32. The number of morpholine rings is 1. The number of hydrogen-bond acceptors (Lipinski definition) is 6. The topological polar surface area (TPSA) is 114 Å². The summed E-state index contributed by atoms with van der Waals surface area (Å²) in [7, 11) is -3.65. The number of nitrogens with zero attached hydrogens (tertiary/aromatic N) is 1. The Morgan fingerprint density at radius 2 is 1.68 bits per heavy atom. The Labute approximate surface area is 165 Å². The van der Waals surface area contributed by atoms with Gasteiger partial charge in [-0.15, -0.1) is 0 Å². The van der Waals surface area contributed by atoms with E-state index < -0.39 is 16.1 Å². The molecule has 1 heterocycles. The molecule has 1 saturated heterocycles. The lowest BCUT2D eigenvalue weighted by atomic mass is 10.2. The van der Waals surface area contributed by atoms with Crippen molar-refractivity contribution in [3.8, 4) is 0 Å². The van der Waals surface area contributed by atoms with E-state index in [-0.39, 0.29) is 42.7 Å². The zero-order valence-electron chi connectivity index (χ0n) is 16.3. The van der Waals surface area contributed by atoms with Crippen molar-refractivity contribution in [2.45, 2.75) is 37.9 Å². The largest absolute Gasteiger partial charge is 0.450 e. The third kappa shape index (κ3) is 5.91. The van der Waals surface area contributed by atoms with Crippen LogP contribution in [0.25, 0.3) is 0 Å². The highest BCUT2D eigenvalue weighted by molar-refractivity contribution is 7.89. The van der Waals surface area contributed by atoms with Crippen LogP contribution in [0.4, 0.5) is 4.79 Å². The molecule has 1 aromatic rings. The Balaban J connectivity index is 1.93. The van der Waals surface area contributed by atoms with Gasteiger partial charge < -0.3 is 20.1 Å². The monoisotopic (exact) mass is 413 g/mol. The smallest absolute Gasteiger partial charge is 0.407 e. The van der Waals surface area contributed by atoms with Crippen LogP contribution in [0.1, 0.15) is 31.1 Å². The summed E-state index contributed by atoms with van der Waals surface area (Å²) >= 11 is 0. The molecule has 10 heteroatoms. The first-order valence-corrected chi connectivity index (χ1v) is 10.6. The van der Waals surface area contributed by atoms with Crippen molar-refractivity contribution in [2.24, 2.45) is 0 Å². The SMILES string of the molecule is CCOC(=O)NCCNC(=O)c1ccc(S(=O)(=O)N2CC(C)OC(C)C2)cc1. The number of ether oxygens (including phenoxy) is 2. The van der Waals surface area contributed by atoms with Crippen LogP contribution >= 0.6 is 0 Å². The number of benzene rings is 1. The average Bonchev–Trinajstić information content (AvgIpc) is 2.64. The maximum atomic E-state index is 12.8. The van der Waals surface area contributed by atoms with Gasteiger partial charge in [0.05, 0.1) is 23.7 Å². The van der Waals surface area contributed by atoms with Crippen molar-refractivity contribution < 1.29 is 27.5 Å². The molecule has 1 fully saturated rings. The molecule has 0 bridgehead atoms. The summed E-state index contributed by atoms with van der Waals surface area (Å²) in [6.45, 7) is 6.68. The quantitative estimate of drug-likeness (QED) is 0.644. The molecule has 1 aromatic carbocycles. The lowest BCUT2D eigenvalue weighted by molar-refractivity contribution is -0.0440. The molecule has 2 rings (SSSR count). The van der Waals surface area contributed by atoms with Gasteiger partial charge in [-0.25, -0.2) is 13.2 Å². The van der Waals surface area contributed by atoms with E-state index in [1.165, 1.54) is 28.6 Å². The van der Waals surface area contributed by atoms with E-state index in [1.54, 1.807) is 6.92 Å². The number of hydrogen-bond donors (Lipinski definition) is 2. The molecule has 2 atom stereocenters. The summed E-state index contributed by atoms with van der Waals surface area (Å²) in [5.41, 5.74) is 0.332. The van der Waals surface area contributed by atoms with Crippen LogP contribution in [0.3, 0.4) is 0 Å². The van der Waals surface area contributed by atoms with Crippen LogP contribution in [0.5, 0.6) is 0 Å². The Kier molecular flexibility index (Phi) is 7.78. The molecule has 1 aliphatic rings. The Bertz CT molecular complexity index is 771. The molecule has 0 saturated carbocycles. The van der Waals surface area contributed by atoms with Gasteiger partial charge in [0.25, 0.3) is 5.91 Å². The Hall–Kier alpha value is -2.17. The van der Waals surface area contributed by atoms with Gasteiger partial charge in [0.2, 0.25) is 10.0 Å². The first kappa shape index (κ1) is 22.1. The van der Waals surface area contributed by atoms with Crippen molar-refractivity contribution in [1.82, 2.24) is 14.9 Å². The average molecular weight is 413 g/mol. The molecule has 0 aromatic heterocycles. The van der Waals surface area contributed by atoms with Crippen LogP contribution in [-0.2, 0) is 19.5 Å². The zero-order valence-corrected chi connectivity index (χ0v) is 17.1. The van der Waals surface area contributed by atoms with Gasteiger partial charge in [0.15, 0.2) is 0 Å². The molecule has 0 aliphatic carbocycles. The summed E-state index contributed by atoms with van der Waals surface area (Å²) in [4.78, 5) is 23.4. The molecule has 2 N–H and O–H groups in total. The second-order valence-electron chi connectivity index (χ2n) is 6.51. The third-order valence-corrected chi connectivity index (χ3v) is 5.94. The zero-order chi connectivity index (χ0) is 20.7. The second kappa shape index (κ2) is 9.85. The molecular weight excluding hydrogens is 386 g/mol. The molecule has 9 nitrogen and oxygen atoms in total. The minimum atomic E-state index is -3.65. The van der Waals surface area contributed by atoms with Gasteiger partial charge in [-0.05, 0) is 45.0 Å². The predicted octanol–water partition coefficient (Wildman–Crippen LogP) is 0.960. The van der Waals surface area contributed by atoms with Crippen molar-refractivity contribution in [1.29, 1.82) is 0 Å². The summed E-state index contributed by atoms with van der Waals surface area (Å²) < 4.78 is 37.3. The van der Waals surface area contributed by atoms with Gasteiger partial charge in [-0.2, -0.15) is 4.31 Å². The number of amides is 2. The number of carbonyl (C=O) groups excluding carboxylic acids is 2. The van der Waals surface area contributed by atoms with Crippen molar-refractivity contribution in [3.63, 3.8) is 0 Å². The lowest BCUT2D eigenvalue weighted by Gasteiger charge is -2.34. The van der Waals surface area contributed by atoms with E-state index in [0.717, 1.165) is 0 Å². The van der Waals surface area contributed by atoms with E-state index in [2.05, 4.69) is 10.6 Å². The molecule has 28 heavy (non-hydrogen) atoms. The molecule has 2 amide bonds. The van der Waals surface area contributed by atoms with Gasteiger partial charge in [0, 0.05) is 31.7 Å². The third-order valence-electron chi connectivity index (χ3n) is 4.10. The fourth-order valence-electron chi connectivity index (χ4n) is 2.88. The van der Waals surface area contributed by atoms with Crippen molar-refractivity contribution >= 4 is 22.0 Å². The number of rotatable bonds is 7. The van der Waals surface area contributed by atoms with Crippen molar-refractivity contribution in [2.75, 3.05) is 32.8 Å².